The third kappa shape index (κ3) is 2.94. The number of thioether (sulfide) groups is 1. The summed E-state index contributed by atoms with van der Waals surface area (Å²) in [5.41, 5.74) is -1.62. The largest absolute Gasteiger partial charge is 0.479 e. The molecule has 2 aromatic rings. The Balaban J connectivity index is 1.82. The lowest BCUT2D eigenvalue weighted by atomic mass is 9.99. The number of nitrogens with zero attached hydrogens (tertiary/aromatic N) is 2. The summed E-state index contributed by atoms with van der Waals surface area (Å²) in [5.74, 6) is -0.566. The fraction of sp³-hybridized carbons (Fsp3) is 0.333. The van der Waals surface area contributed by atoms with Crippen LogP contribution in [0.5, 0.6) is 0 Å². The molecule has 0 aliphatic carbocycles. The number of carboxylic acid groups (broad SMARTS) is 1. The quantitative estimate of drug-likeness (QED) is 0.843. The van der Waals surface area contributed by atoms with Crippen molar-refractivity contribution in [2.45, 2.75) is 18.5 Å². The van der Waals surface area contributed by atoms with Crippen LogP contribution in [0.15, 0.2) is 35.3 Å². The van der Waals surface area contributed by atoms with Gasteiger partial charge in [0.05, 0.1) is 11.6 Å². The van der Waals surface area contributed by atoms with Crippen LogP contribution < -0.4 is 10.9 Å². The highest BCUT2D eigenvalue weighted by molar-refractivity contribution is 7.99. The highest BCUT2D eigenvalue weighted by Gasteiger charge is 2.43. The van der Waals surface area contributed by atoms with E-state index in [2.05, 4.69) is 10.4 Å². The van der Waals surface area contributed by atoms with Gasteiger partial charge < -0.3 is 10.4 Å². The van der Waals surface area contributed by atoms with Gasteiger partial charge >= 0.3 is 5.97 Å². The first-order valence-electron chi connectivity index (χ1n) is 7.09. The second-order valence-corrected chi connectivity index (χ2v) is 6.54. The Hall–Kier alpha value is -2.35. The molecule has 1 aliphatic rings. The van der Waals surface area contributed by atoms with E-state index in [0.29, 0.717) is 28.7 Å². The van der Waals surface area contributed by atoms with Crippen LogP contribution in [0.1, 0.15) is 6.42 Å². The molecule has 0 bridgehead atoms. The number of amides is 1. The topological polar surface area (TPSA) is 101 Å². The predicted octanol–water partition coefficient (Wildman–Crippen LogP) is 0.473. The summed E-state index contributed by atoms with van der Waals surface area (Å²) < 4.78 is 1.05. The number of fused-ring (bicyclic) bond motifs is 1. The van der Waals surface area contributed by atoms with E-state index in [0.717, 1.165) is 4.68 Å². The molecule has 1 aromatic carbocycles. The van der Waals surface area contributed by atoms with Crippen LogP contribution in [0, 0.1) is 0 Å². The van der Waals surface area contributed by atoms with Crippen LogP contribution in [-0.4, -0.2) is 43.8 Å². The zero-order chi connectivity index (χ0) is 16.4. The third-order valence-corrected chi connectivity index (χ3v) is 5.05. The van der Waals surface area contributed by atoms with Crippen LogP contribution in [0.3, 0.4) is 0 Å². The van der Waals surface area contributed by atoms with Gasteiger partial charge in [-0.1, -0.05) is 18.2 Å². The molecule has 1 amide bonds. The molecule has 1 fully saturated rings. The molecule has 120 valence electrons. The maximum absolute atomic E-state index is 12.3. The number of hydrogen-bond donors (Lipinski definition) is 2. The van der Waals surface area contributed by atoms with Crippen LogP contribution >= 0.6 is 11.8 Å². The van der Waals surface area contributed by atoms with E-state index in [1.807, 2.05) is 0 Å². The van der Waals surface area contributed by atoms with E-state index in [4.69, 9.17) is 0 Å². The summed E-state index contributed by atoms with van der Waals surface area (Å²) >= 11 is 1.48. The summed E-state index contributed by atoms with van der Waals surface area (Å²) in [7, 11) is 0. The Morgan fingerprint density at radius 2 is 2.17 bits per heavy atom. The second kappa shape index (κ2) is 6.04. The van der Waals surface area contributed by atoms with Crippen LogP contribution in [-0.2, 0) is 16.1 Å². The van der Waals surface area contributed by atoms with E-state index >= 15 is 0 Å². The first kappa shape index (κ1) is 15.5. The van der Waals surface area contributed by atoms with Crippen molar-refractivity contribution in [1.82, 2.24) is 15.1 Å². The van der Waals surface area contributed by atoms with Gasteiger partial charge in [0.1, 0.15) is 12.1 Å². The van der Waals surface area contributed by atoms with Crippen molar-refractivity contribution >= 4 is 34.4 Å². The zero-order valence-corrected chi connectivity index (χ0v) is 13.0. The Morgan fingerprint density at radius 3 is 2.87 bits per heavy atom. The molecular formula is C15H15N3O4S. The van der Waals surface area contributed by atoms with Crippen molar-refractivity contribution in [1.29, 1.82) is 0 Å². The average molecular weight is 333 g/mol. The number of carboxylic acids is 1. The van der Waals surface area contributed by atoms with Gasteiger partial charge in [0.2, 0.25) is 5.91 Å². The van der Waals surface area contributed by atoms with Crippen molar-refractivity contribution < 1.29 is 14.7 Å². The van der Waals surface area contributed by atoms with Gasteiger partial charge in [-0.15, -0.1) is 0 Å². The van der Waals surface area contributed by atoms with Gasteiger partial charge in [-0.25, -0.2) is 9.48 Å². The fourth-order valence-electron chi connectivity index (χ4n) is 2.57. The number of aliphatic carboxylic acids is 1. The molecule has 2 N–H and O–H groups in total. The Bertz CT molecular complexity index is 827. The van der Waals surface area contributed by atoms with Gasteiger partial charge in [-0.2, -0.15) is 16.9 Å². The van der Waals surface area contributed by atoms with Crippen LogP contribution in [0.2, 0.25) is 0 Å². The lowest BCUT2D eigenvalue weighted by Crippen LogP contribution is -2.55. The van der Waals surface area contributed by atoms with E-state index in [-0.39, 0.29) is 12.1 Å². The Morgan fingerprint density at radius 1 is 1.39 bits per heavy atom. The summed E-state index contributed by atoms with van der Waals surface area (Å²) in [6.07, 6.45) is 1.89. The smallest absolute Gasteiger partial charge is 0.330 e. The molecule has 8 heteroatoms. The molecule has 7 nitrogen and oxygen atoms in total. The molecule has 2 heterocycles. The number of nitrogens with one attached hydrogen (secondary N) is 1. The fourth-order valence-corrected chi connectivity index (χ4v) is 3.89. The van der Waals surface area contributed by atoms with Crippen molar-refractivity contribution in [3.8, 4) is 0 Å². The molecule has 23 heavy (non-hydrogen) atoms. The van der Waals surface area contributed by atoms with E-state index < -0.39 is 17.4 Å². The maximum Gasteiger partial charge on any atom is 0.330 e. The molecule has 1 atom stereocenters. The van der Waals surface area contributed by atoms with Crippen LogP contribution in [0.4, 0.5) is 0 Å². The molecule has 0 radical (unpaired) electrons. The molecule has 1 unspecified atom stereocenters. The predicted molar refractivity (Wildman–Crippen MR) is 86.5 cm³/mol. The first-order chi connectivity index (χ1) is 11.0. The highest BCUT2D eigenvalue weighted by Crippen LogP contribution is 2.28. The average Bonchev–Trinajstić information content (AvgIpc) is 3.00. The minimum atomic E-state index is -1.25. The van der Waals surface area contributed by atoms with Gasteiger partial charge in [-0.05, 0) is 18.2 Å². The Kier molecular flexibility index (Phi) is 4.08. The number of carbonyl (C=O) groups is 2. The molecular weight excluding hydrogens is 318 g/mol. The molecule has 1 aliphatic heterocycles. The standard InChI is InChI=1S/C15H15N3O4S/c19-12(17-15(14(21)22)5-6-23-9-15)8-18-13(20)11-4-2-1-3-10(11)7-16-18/h1-4,7H,5-6,8-9H2,(H,17,19)(H,21,22). The Labute approximate surface area is 135 Å². The van der Waals surface area contributed by atoms with Gasteiger partial charge in [0, 0.05) is 11.1 Å². The summed E-state index contributed by atoms with van der Waals surface area (Å²) in [6.45, 7) is -0.302. The number of rotatable bonds is 4. The minimum absolute atomic E-state index is 0.302. The number of hydrogen-bond acceptors (Lipinski definition) is 5. The van der Waals surface area contributed by atoms with Gasteiger partial charge in [0.25, 0.3) is 5.56 Å². The number of benzene rings is 1. The number of aromatic nitrogens is 2. The number of carbonyl (C=O) groups excluding carboxylic acids is 1. The van der Waals surface area contributed by atoms with Crippen molar-refractivity contribution in [3.63, 3.8) is 0 Å². The van der Waals surface area contributed by atoms with Crippen molar-refractivity contribution in [2.24, 2.45) is 0 Å². The monoisotopic (exact) mass is 333 g/mol. The molecule has 1 aromatic heterocycles. The molecule has 3 rings (SSSR count). The minimum Gasteiger partial charge on any atom is -0.479 e. The maximum atomic E-state index is 12.3. The van der Waals surface area contributed by atoms with Gasteiger partial charge in [0.15, 0.2) is 0 Å². The van der Waals surface area contributed by atoms with E-state index in [1.54, 1.807) is 24.3 Å². The van der Waals surface area contributed by atoms with Gasteiger partial charge in [-0.3, -0.25) is 9.59 Å². The van der Waals surface area contributed by atoms with E-state index in [9.17, 15) is 19.5 Å². The van der Waals surface area contributed by atoms with E-state index in [1.165, 1.54) is 18.0 Å². The lowest BCUT2D eigenvalue weighted by Gasteiger charge is -2.24. The summed E-state index contributed by atoms with van der Waals surface area (Å²) in [5, 5.41) is 17.1. The van der Waals surface area contributed by atoms with Crippen molar-refractivity contribution in [2.75, 3.05) is 11.5 Å². The second-order valence-electron chi connectivity index (χ2n) is 5.43. The highest BCUT2D eigenvalue weighted by atomic mass is 32.2. The molecule has 0 spiro atoms. The zero-order valence-electron chi connectivity index (χ0n) is 12.2. The van der Waals surface area contributed by atoms with Crippen molar-refractivity contribution in [3.05, 3.63) is 40.8 Å². The first-order valence-corrected chi connectivity index (χ1v) is 8.24. The van der Waals surface area contributed by atoms with Crippen LogP contribution in [0.25, 0.3) is 10.8 Å². The third-order valence-electron chi connectivity index (χ3n) is 3.86. The SMILES string of the molecule is O=C(Cn1ncc2ccccc2c1=O)NC1(C(=O)O)CCSC1. The summed E-state index contributed by atoms with van der Waals surface area (Å²) in [4.78, 5) is 35.9. The molecule has 1 saturated heterocycles. The normalized spacial score (nSPS) is 20.5. The summed E-state index contributed by atoms with van der Waals surface area (Å²) in [6, 6.07) is 6.97. The molecule has 0 saturated carbocycles. The lowest BCUT2D eigenvalue weighted by molar-refractivity contribution is -0.146.